The zero-order chi connectivity index (χ0) is 19.4. The molecule has 5 atom stereocenters. The van der Waals surface area contributed by atoms with E-state index in [2.05, 4.69) is 6.58 Å². The zero-order valence-electron chi connectivity index (χ0n) is 15.8. The summed E-state index contributed by atoms with van der Waals surface area (Å²) in [5.74, 6) is -1.42. The van der Waals surface area contributed by atoms with Crippen LogP contribution in [0, 0.1) is 0 Å². The summed E-state index contributed by atoms with van der Waals surface area (Å²) in [4.78, 5) is 12.3. The maximum Gasteiger partial charge on any atom is 0.337 e. The van der Waals surface area contributed by atoms with Crippen molar-refractivity contribution < 1.29 is 33.2 Å². The van der Waals surface area contributed by atoms with Gasteiger partial charge in [-0.15, -0.1) is 6.58 Å². The van der Waals surface area contributed by atoms with Gasteiger partial charge in [0.1, 0.15) is 18.3 Å². The number of esters is 1. The van der Waals surface area contributed by atoms with Crippen LogP contribution in [0.25, 0.3) is 0 Å². The third-order valence-electron chi connectivity index (χ3n) is 4.44. The van der Waals surface area contributed by atoms with Crippen LogP contribution in [0.4, 0.5) is 0 Å². The van der Waals surface area contributed by atoms with Crippen LogP contribution < -0.4 is 0 Å². The molecule has 2 saturated heterocycles. The molecule has 2 aliphatic heterocycles. The highest BCUT2D eigenvalue weighted by atomic mass is 16.8. The average Bonchev–Trinajstić information content (AvgIpc) is 2.98. The molecule has 7 heteroatoms. The summed E-state index contributed by atoms with van der Waals surface area (Å²) < 4.78 is 34.5. The summed E-state index contributed by atoms with van der Waals surface area (Å²) in [6.07, 6.45) is -2.00. The largest absolute Gasteiger partial charge is 0.467 e. The van der Waals surface area contributed by atoms with Gasteiger partial charge in [-0.1, -0.05) is 36.4 Å². The first-order chi connectivity index (χ1) is 12.9. The first-order valence-corrected chi connectivity index (χ1v) is 8.92. The van der Waals surface area contributed by atoms with Crippen molar-refractivity contribution in [1.29, 1.82) is 0 Å². The van der Waals surface area contributed by atoms with Gasteiger partial charge < -0.3 is 28.4 Å². The molecule has 0 aromatic heterocycles. The lowest BCUT2D eigenvalue weighted by molar-refractivity contribution is -0.267. The Kier molecular flexibility index (Phi) is 6.29. The Bertz CT molecular complexity index is 645. The Hall–Kier alpha value is -1.77. The van der Waals surface area contributed by atoms with Gasteiger partial charge in [0.05, 0.1) is 20.3 Å². The van der Waals surface area contributed by atoms with E-state index in [1.807, 2.05) is 30.3 Å². The molecule has 27 heavy (non-hydrogen) atoms. The average molecular weight is 378 g/mol. The summed E-state index contributed by atoms with van der Waals surface area (Å²) in [5, 5.41) is 0. The Labute approximate surface area is 159 Å². The number of hydrogen-bond donors (Lipinski definition) is 0. The molecule has 148 valence electrons. The van der Waals surface area contributed by atoms with Gasteiger partial charge in [0.2, 0.25) is 0 Å². The molecule has 1 aromatic rings. The fraction of sp³-hybridized carbons (Fsp3) is 0.550. The summed E-state index contributed by atoms with van der Waals surface area (Å²) in [6, 6.07) is 9.74. The number of benzene rings is 1. The van der Waals surface area contributed by atoms with E-state index in [9.17, 15) is 4.79 Å². The van der Waals surface area contributed by atoms with Crippen LogP contribution in [0.2, 0.25) is 0 Å². The predicted molar refractivity (Wildman–Crippen MR) is 95.7 cm³/mol. The molecule has 0 saturated carbocycles. The van der Waals surface area contributed by atoms with Crippen LogP contribution in [0.1, 0.15) is 19.4 Å². The van der Waals surface area contributed by atoms with Crippen LogP contribution in [-0.2, 0) is 39.8 Å². The van der Waals surface area contributed by atoms with Crippen LogP contribution in [-0.4, -0.2) is 56.2 Å². The van der Waals surface area contributed by atoms with E-state index in [1.54, 1.807) is 19.9 Å². The van der Waals surface area contributed by atoms with Crippen LogP contribution in [0.5, 0.6) is 0 Å². The lowest BCUT2D eigenvalue weighted by atomic mass is 9.98. The van der Waals surface area contributed by atoms with E-state index in [4.69, 9.17) is 28.4 Å². The van der Waals surface area contributed by atoms with Gasteiger partial charge in [-0.25, -0.2) is 4.79 Å². The van der Waals surface area contributed by atoms with Crippen molar-refractivity contribution >= 4 is 5.97 Å². The molecule has 3 rings (SSSR count). The quantitative estimate of drug-likeness (QED) is 0.532. The molecule has 0 amide bonds. The molecule has 0 bridgehead atoms. The van der Waals surface area contributed by atoms with E-state index >= 15 is 0 Å². The van der Waals surface area contributed by atoms with Crippen molar-refractivity contribution in [3.63, 3.8) is 0 Å². The molecule has 2 heterocycles. The maximum atomic E-state index is 12.3. The van der Waals surface area contributed by atoms with Gasteiger partial charge in [-0.3, -0.25) is 0 Å². The van der Waals surface area contributed by atoms with Gasteiger partial charge in [0.25, 0.3) is 0 Å². The molecular formula is C20H26O7. The number of hydrogen-bond acceptors (Lipinski definition) is 7. The van der Waals surface area contributed by atoms with Gasteiger partial charge in [-0.2, -0.15) is 0 Å². The molecule has 0 N–H and O–H groups in total. The SMILES string of the molecule is C=CCO[C@@H]1[C@@H](OCc2ccccc2)[C@@H]2OC(C)(C)O[C@@H]2O[C@@H]1C(=O)OC. The number of carbonyl (C=O) groups excluding carboxylic acids is 1. The first kappa shape index (κ1) is 20.0. The van der Waals surface area contributed by atoms with Gasteiger partial charge in [-0.05, 0) is 19.4 Å². The van der Waals surface area contributed by atoms with Crippen molar-refractivity contribution in [2.75, 3.05) is 13.7 Å². The van der Waals surface area contributed by atoms with Crippen LogP contribution in [0.3, 0.4) is 0 Å². The van der Waals surface area contributed by atoms with Crippen LogP contribution in [0.15, 0.2) is 43.0 Å². The van der Waals surface area contributed by atoms with Gasteiger partial charge in [0.15, 0.2) is 18.2 Å². The lowest BCUT2D eigenvalue weighted by Gasteiger charge is -2.41. The lowest BCUT2D eigenvalue weighted by Crippen LogP contribution is -2.60. The number of carbonyl (C=O) groups is 1. The summed E-state index contributed by atoms with van der Waals surface area (Å²) in [6.45, 7) is 7.80. The smallest absolute Gasteiger partial charge is 0.337 e. The van der Waals surface area contributed by atoms with Crippen molar-refractivity contribution in [1.82, 2.24) is 0 Å². The zero-order valence-corrected chi connectivity index (χ0v) is 15.8. The summed E-state index contributed by atoms with van der Waals surface area (Å²) in [5.41, 5.74) is 0.996. The maximum absolute atomic E-state index is 12.3. The molecule has 0 unspecified atom stereocenters. The third-order valence-corrected chi connectivity index (χ3v) is 4.44. The second-order valence-corrected chi connectivity index (χ2v) is 6.90. The van der Waals surface area contributed by atoms with E-state index in [1.165, 1.54) is 7.11 Å². The predicted octanol–water partition coefficient (Wildman–Crippen LogP) is 2.19. The minimum atomic E-state index is -0.991. The highest BCUT2D eigenvalue weighted by Crippen LogP contribution is 2.39. The number of fused-ring (bicyclic) bond motifs is 1. The van der Waals surface area contributed by atoms with Crippen molar-refractivity contribution in [3.8, 4) is 0 Å². The number of methoxy groups -OCH3 is 1. The van der Waals surface area contributed by atoms with Crippen molar-refractivity contribution in [2.45, 2.75) is 56.9 Å². The third kappa shape index (κ3) is 4.56. The minimum Gasteiger partial charge on any atom is -0.467 e. The van der Waals surface area contributed by atoms with Crippen molar-refractivity contribution in [3.05, 3.63) is 48.6 Å². The summed E-state index contributed by atoms with van der Waals surface area (Å²) in [7, 11) is 1.30. The monoisotopic (exact) mass is 378 g/mol. The highest BCUT2D eigenvalue weighted by molar-refractivity contribution is 5.75. The molecule has 1 aromatic carbocycles. The minimum absolute atomic E-state index is 0.231. The molecule has 0 aliphatic carbocycles. The number of ether oxygens (including phenoxy) is 6. The molecule has 2 fully saturated rings. The van der Waals surface area contributed by atoms with E-state index < -0.39 is 42.5 Å². The molecule has 0 spiro atoms. The fourth-order valence-electron chi connectivity index (χ4n) is 3.29. The van der Waals surface area contributed by atoms with Gasteiger partial charge >= 0.3 is 5.97 Å². The normalized spacial score (nSPS) is 31.9. The molecule has 2 aliphatic rings. The fourth-order valence-corrected chi connectivity index (χ4v) is 3.29. The Morgan fingerprint density at radius 2 is 1.93 bits per heavy atom. The highest BCUT2D eigenvalue weighted by Gasteiger charge is 2.57. The second kappa shape index (κ2) is 8.50. The van der Waals surface area contributed by atoms with Crippen LogP contribution >= 0.6 is 0 Å². The topological polar surface area (TPSA) is 72.5 Å². The van der Waals surface area contributed by atoms with E-state index in [0.29, 0.717) is 6.61 Å². The standard InChI is InChI=1S/C20H26O7/c1-5-11-23-14-15(24-12-13-9-7-6-8-10-13)17-19(27-20(2,3)26-17)25-16(14)18(21)22-4/h5-10,14-17,19H,1,11-12H2,2-4H3/t14-,15-,16+,17+,19+/m1/s1. The second-order valence-electron chi connectivity index (χ2n) is 6.90. The molecule has 0 radical (unpaired) electrons. The van der Waals surface area contributed by atoms with E-state index in [-0.39, 0.29) is 6.61 Å². The first-order valence-electron chi connectivity index (χ1n) is 8.92. The Balaban J connectivity index is 1.85. The van der Waals surface area contributed by atoms with Crippen molar-refractivity contribution in [2.24, 2.45) is 0 Å². The Morgan fingerprint density at radius 3 is 2.59 bits per heavy atom. The van der Waals surface area contributed by atoms with Gasteiger partial charge in [0, 0.05) is 0 Å². The molecular weight excluding hydrogens is 352 g/mol. The van der Waals surface area contributed by atoms with E-state index in [0.717, 1.165) is 5.56 Å². The summed E-state index contributed by atoms with van der Waals surface area (Å²) >= 11 is 0. The molecule has 7 nitrogen and oxygen atoms in total. The Morgan fingerprint density at radius 1 is 1.19 bits per heavy atom. The number of rotatable bonds is 7.